The minimum atomic E-state index is -1.68. The van der Waals surface area contributed by atoms with Gasteiger partial charge in [-0.15, -0.1) is 0 Å². The highest BCUT2D eigenvalue weighted by atomic mass is 16.7. The summed E-state index contributed by atoms with van der Waals surface area (Å²) >= 11 is 0. The molecule has 0 saturated carbocycles. The Hall–Kier alpha value is -1.67. The van der Waals surface area contributed by atoms with Gasteiger partial charge in [0, 0.05) is 0 Å². The summed E-state index contributed by atoms with van der Waals surface area (Å²) in [4.78, 5) is 12.1. The van der Waals surface area contributed by atoms with E-state index in [4.69, 9.17) is 24.1 Å². The van der Waals surface area contributed by atoms with E-state index in [0.717, 1.165) is 0 Å². The van der Waals surface area contributed by atoms with Crippen molar-refractivity contribution in [2.75, 3.05) is 19.8 Å². The van der Waals surface area contributed by atoms with Crippen LogP contribution in [0.25, 0.3) is 0 Å². The summed E-state index contributed by atoms with van der Waals surface area (Å²) in [7, 11) is 0. The van der Waals surface area contributed by atoms with Crippen molar-refractivity contribution in [2.45, 2.75) is 55.1 Å². The normalized spacial score (nSPS) is 39.5. The number of ether oxygens (including phenoxy) is 4. The van der Waals surface area contributed by atoms with Gasteiger partial charge in [0.05, 0.1) is 18.8 Å². The first-order valence-corrected chi connectivity index (χ1v) is 9.49. The van der Waals surface area contributed by atoms with E-state index in [-0.39, 0.29) is 12.2 Å². The van der Waals surface area contributed by atoms with E-state index in [9.17, 15) is 30.3 Å². The third-order valence-corrected chi connectivity index (χ3v) is 5.13. The Kier molecular flexibility index (Phi) is 7.74. The summed E-state index contributed by atoms with van der Waals surface area (Å²) in [6.07, 6.45) is -12.7. The molecule has 11 nitrogen and oxygen atoms in total. The molecule has 3 rings (SSSR count). The molecule has 2 saturated heterocycles. The molecular formula is C19H26O11. The van der Waals surface area contributed by atoms with Crippen molar-refractivity contribution < 1.29 is 54.4 Å². The average molecular weight is 430 g/mol. The van der Waals surface area contributed by atoms with Crippen LogP contribution in [-0.4, -0.2) is 112 Å². The fraction of sp³-hybridized carbons (Fsp3) is 0.632. The third kappa shape index (κ3) is 4.97. The van der Waals surface area contributed by atoms with Gasteiger partial charge in [0.15, 0.2) is 6.29 Å². The predicted octanol–water partition coefficient (Wildman–Crippen LogP) is -2.85. The zero-order valence-electron chi connectivity index (χ0n) is 15.9. The molecule has 2 heterocycles. The Morgan fingerprint density at radius 3 is 2.27 bits per heavy atom. The first-order chi connectivity index (χ1) is 14.3. The lowest BCUT2D eigenvalue weighted by Crippen LogP contribution is -2.62. The maximum Gasteiger partial charge on any atom is 0.338 e. The number of rotatable bonds is 6. The van der Waals surface area contributed by atoms with Crippen LogP contribution in [0.3, 0.4) is 0 Å². The van der Waals surface area contributed by atoms with E-state index >= 15 is 0 Å². The zero-order chi connectivity index (χ0) is 21.8. The molecule has 2 aliphatic rings. The van der Waals surface area contributed by atoms with Gasteiger partial charge in [-0.2, -0.15) is 0 Å². The highest BCUT2D eigenvalue weighted by Crippen LogP contribution is 2.26. The summed E-state index contributed by atoms with van der Waals surface area (Å²) < 4.78 is 21.2. The van der Waals surface area contributed by atoms with E-state index < -0.39 is 74.3 Å². The first kappa shape index (κ1) is 23.0. The summed E-state index contributed by atoms with van der Waals surface area (Å²) in [5.41, 5.74) is 0.283. The summed E-state index contributed by atoms with van der Waals surface area (Å²) in [6, 6.07) is 8.12. The van der Waals surface area contributed by atoms with Gasteiger partial charge in [-0.1, -0.05) is 18.2 Å². The number of hydrogen-bond donors (Lipinski definition) is 6. The molecular weight excluding hydrogens is 404 g/mol. The first-order valence-electron chi connectivity index (χ1n) is 9.49. The van der Waals surface area contributed by atoms with E-state index in [0.29, 0.717) is 0 Å². The fourth-order valence-corrected chi connectivity index (χ4v) is 3.29. The van der Waals surface area contributed by atoms with Crippen LogP contribution in [0.5, 0.6) is 0 Å². The molecule has 0 radical (unpaired) electrons. The highest BCUT2D eigenvalue weighted by Gasteiger charge is 2.48. The second kappa shape index (κ2) is 10.1. The molecule has 2 aliphatic heterocycles. The van der Waals surface area contributed by atoms with Crippen LogP contribution in [-0.2, 0) is 18.9 Å². The van der Waals surface area contributed by atoms with E-state index in [1.54, 1.807) is 30.3 Å². The molecule has 0 aromatic heterocycles. The number of carbonyl (C=O) groups is 1. The fourth-order valence-electron chi connectivity index (χ4n) is 3.29. The van der Waals surface area contributed by atoms with Gasteiger partial charge in [-0.3, -0.25) is 0 Å². The number of aliphatic hydroxyl groups is 6. The van der Waals surface area contributed by atoms with E-state index in [2.05, 4.69) is 0 Å². The van der Waals surface area contributed by atoms with Crippen LogP contribution in [0.4, 0.5) is 0 Å². The Morgan fingerprint density at radius 2 is 1.60 bits per heavy atom. The lowest BCUT2D eigenvalue weighted by Gasteiger charge is -2.43. The largest absolute Gasteiger partial charge is 0.459 e. The number of benzene rings is 1. The van der Waals surface area contributed by atoms with E-state index in [1.807, 2.05) is 0 Å². The molecule has 0 aliphatic carbocycles. The van der Waals surface area contributed by atoms with Crippen molar-refractivity contribution in [3.8, 4) is 0 Å². The molecule has 2 fully saturated rings. The maximum absolute atomic E-state index is 12.1. The van der Waals surface area contributed by atoms with Crippen LogP contribution >= 0.6 is 0 Å². The smallest absolute Gasteiger partial charge is 0.338 e. The molecule has 0 spiro atoms. The zero-order valence-corrected chi connectivity index (χ0v) is 15.9. The van der Waals surface area contributed by atoms with Gasteiger partial charge < -0.3 is 49.6 Å². The summed E-state index contributed by atoms with van der Waals surface area (Å²) in [6.45, 7) is -1.16. The van der Waals surface area contributed by atoms with Crippen molar-refractivity contribution in [1.29, 1.82) is 0 Å². The molecule has 9 atom stereocenters. The molecule has 168 valence electrons. The van der Waals surface area contributed by atoms with Crippen molar-refractivity contribution in [3.63, 3.8) is 0 Å². The van der Waals surface area contributed by atoms with Gasteiger partial charge in [0.1, 0.15) is 55.4 Å². The van der Waals surface area contributed by atoms with E-state index in [1.165, 1.54) is 0 Å². The monoisotopic (exact) mass is 430 g/mol. The van der Waals surface area contributed by atoms with Crippen molar-refractivity contribution in [3.05, 3.63) is 35.9 Å². The molecule has 30 heavy (non-hydrogen) atoms. The Morgan fingerprint density at radius 1 is 0.933 bits per heavy atom. The van der Waals surface area contributed by atoms with Crippen LogP contribution in [0.15, 0.2) is 30.3 Å². The minimum absolute atomic E-state index is 0.220. The van der Waals surface area contributed by atoms with Gasteiger partial charge in [0.25, 0.3) is 0 Å². The number of aliphatic hydroxyl groups excluding tert-OH is 6. The molecule has 1 aromatic rings. The molecule has 1 unspecified atom stereocenters. The molecule has 11 heteroatoms. The number of hydrogen-bond acceptors (Lipinski definition) is 11. The molecule has 1 aromatic carbocycles. The summed E-state index contributed by atoms with van der Waals surface area (Å²) in [5.74, 6) is -0.668. The lowest BCUT2D eigenvalue weighted by atomic mass is 9.98. The van der Waals surface area contributed by atoms with Gasteiger partial charge in [0.2, 0.25) is 0 Å². The SMILES string of the molecule is O=C(OC[C@H]1O[C@H](OC2CO[C@H](CO)[C@@H](O)[C@@H]2O)[C@H](O)[C@@H](O)[C@H]1O)c1ccccc1. The predicted molar refractivity (Wildman–Crippen MR) is 97.1 cm³/mol. The Labute approximate surface area is 172 Å². The van der Waals surface area contributed by atoms with Crippen molar-refractivity contribution >= 4 is 5.97 Å². The van der Waals surface area contributed by atoms with Crippen LogP contribution in [0.2, 0.25) is 0 Å². The van der Waals surface area contributed by atoms with Gasteiger partial charge >= 0.3 is 5.97 Å². The molecule has 6 N–H and O–H groups in total. The summed E-state index contributed by atoms with van der Waals surface area (Å²) in [5, 5.41) is 59.6. The lowest BCUT2D eigenvalue weighted by molar-refractivity contribution is -0.331. The quantitative estimate of drug-likeness (QED) is 0.256. The molecule has 0 amide bonds. The second-order valence-corrected chi connectivity index (χ2v) is 7.19. The van der Waals surface area contributed by atoms with Crippen LogP contribution < -0.4 is 0 Å². The Bertz CT molecular complexity index is 686. The van der Waals surface area contributed by atoms with Crippen LogP contribution in [0.1, 0.15) is 10.4 Å². The van der Waals surface area contributed by atoms with Gasteiger partial charge in [-0.05, 0) is 12.1 Å². The maximum atomic E-state index is 12.1. The standard InChI is InChI=1S/C19H26O11/c20-6-10-13(21)14(22)11(7-27-10)29-19-17(25)16(24)15(23)12(30-19)8-28-18(26)9-4-2-1-3-5-9/h1-5,10-17,19-25H,6-8H2/t10-,11?,12-,13-,14-,15+,16+,17-,19+/m1/s1. The molecule has 0 bridgehead atoms. The highest BCUT2D eigenvalue weighted by molar-refractivity contribution is 5.89. The number of carbonyl (C=O) groups excluding carboxylic acids is 1. The number of esters is 1. The average Bonchev–Trinajstić information content (AvgIpc) is 2.76. The minimum Gasteiger partial charge on any atom is -0.459 e. The van der Waals surface area contributed by atoms with Crippen molar-refractivity contribution in [1.82, 2.24) is 0 Å². The van der Waals surface area contributed by atoms with Crippen LogP contribution in [0, 0.1) is 0 Å². The van der Waals surface area contributed by atoms with Crippen molar-refractivity contribution in [2.24, 2.45) is 0 Å². The topological polar surface area (TPSA) is 175 Å². The second-order valence-electron chi connectivity index (χ2n) is 7.19. The Balaban J connectivity index is 1.61. The third-order valence-electron chi connectivity index (χ3n) is 5.13. The van der Waals surface area contributed by atoms with Gasteiger partial charge in [-0.25, -0.2) is 4.79 Å².